The van der Waals surface area contributed by atoms with Crippen LogP contribution in [0.3, 0.4) is 0 Å². The van der Waals surface area contributed by atoms with Gasteiger partial charge >= 0.3 is 5.97 Å². The summed E-state index contributed by atoms with van der Waals surface area (Å²) in [5, 5.41) is 6.13. The van der Waals surface area contributed by atoms with E-state index in [4.69, 9.17) is 16.3 Å². The highest BCUT2D eigenvalue weighted by Crippen LogP contribution is 2.26. The molecule has 0 radical (unpaired) electrons. The number of ether oxygens (including phenoxy) is 1. The average Bonchev–Trinajstić information content (AvgIpc) is 2.80. The maximum Gasteiger partial charge on any atom is 0.307 e. The third-order valence-corrected chi connectivity index (χ3v) is 5.31. The van der Waals surface area contributed by atoms with Gasteiger partial charge in [-0.15, -0.1) is 0 Å². The van der Waals surface area contributed by atoms with Gasteiger partial charge < -0.3 is 15.4 Å². The molecule has 1 unspecified atom stereocenters. The van der Waals surface area contributed by atoms with Gasteiger partial charge in [-0.3, -0.25) is 14.4 Å². The SMILES string of the molecule is COC(=O)CC(NC(=O)c1ccc(C)c(NC(=O)c2ccccc2)c1)c1ccccc1Cl. The van der Waals surface area contributed by atoms with Crippen molar-refractivity contribution in [3.05, 3.63) is 100 Å². The quantitative estimate of drug-likeness (QED) is 0.499. The summed E-state index contributed by atoms with van der Waals surface area (Å²) in [6, 6.07) is 20.1. The first kappa shape index (κ1) is 23.0. The molecule has 0 aliphatic carbocycles. The van der Waals surface area contributed by atoms with Crippen molar-refractivity contribution in [2.45, 2.75) is 19.4 Å². The van der Waals surface area contributed by atoms with Gasteiger partial charge in [0, 0.05) is 21.8 Å². The van der Waals surface area contributed by atoms with E-state index in [0.29, 0.717) is 27.4 Å². The van der Waals surface area contributed by atoms with Crippen molar-refractivity contribution in [1.29, 1.82) is 0 Å². The third-order valence-electron chi connectivity index (χ3n) is 4.97. The van der Waals surface area contributed by atoms with E-state index in [-0.39, 0.29) is 12.3 Å². The molecule has 7 heteroatoms. The fourth-order valence-electron chi connectivity index (χ4n) is 3.17. The second-order valence-electron chi connectivity index (χ2n) is 7.18. The lowest BCUT2D eigenvalue weighted by molar-refractivity contribution is -0.141. The maximum absolute atomic E-state index is 13.0. The molecule has 0 bridgehead atoms. The highest BCUT2D eigenvalue weighted by atomic mass is 35.5. The molecule has 0 saturated carbocycles. The number of rotatable bonds is 7. The molecule has 1 atom stereocenters. The van der Waals surface area contributed by atoms with Crippen LogP contribution in [0.2, 0.25) is 5.02 Å². The molecule has 0 fully saturated rings. The predicted octanol–water partition coefficient (Wildman–Crippen LogP) is 4.93. The van der Waals surface area contributed by atoms with E-state index in [1.807, 2.05) is 13.0 Å². The Morgan fingerprint density at radius 3 is 2.28 bits per heavy atom. The van der Waals surface area contributed by atoms with Crippen molar-refractivity contribution in [1.82, 2.24) is 5.32 Å². The summed E-state index contributed by atoms with van der Waals surface area (Å²) in [7, 11) is 1.29. The summed E-state index contributed by atoms with van der Waals surface area (Å²) in [4.78, 5) is 37.4. The summed E-state index contributed by atoms with van der Waals surface area (Å²) >= 11 is 6.29. The van der Waals surface area contributed by atoms with E-state index in [1.54, 1.807) is 66.7 Å². The monoisotopic (exact) mass is 450 g/mol. The van der Waals surface area contributed by atoms with Crippen LogP contribution < -0.4 is 10.6 Å². The number of methoxy groups -OCH3 is 1. The molecular formula is C25H23ClN2O4. The minimum atomic E-state index is -0.674. The lowest BCUT2D eigenvalue weighted by Crippen LogP contribution is -2.30. The van der Waals surface area contributed by atoms with Gasteiger partial charge in [-0.05, 0) is 48.4 Å². The Morgan fingerprint density at radius 1 is 0.906 bits per heavy atom. The Labute approximate surface area is 191 Å². The Balaban J connectivity index is 1.82. The Bertz CT molecular complexity index is 1130. The van der Waals surface area contributed by atoms with Crippen molar-refractivity contribution in [2.75, 3.05) is 12.4 Å². The number of nitrogens with one attached hydrogen (secondary N) is 2. The minimum Gasteiger partial charge on any atom is -0.469 e. The van der Waals surface area contributed by atoms with Gasteiger partial charge in [0.2, 0.25) is 0 Å². The number of carbonyl (C=O) groups is 3. The smallest absolute Gasteiger partial charge is 0.307 e. The van der Waals surface area contributed by atoms with E-state index < -0.39 is 17.9 Å². The summed E-state index contributed by atoms with van der Waals surface area (Å²) in [6.07, 6.45) is -0.0740. The van der Waals surface area contributed by atoms with Crippen molar-refractivity contribution < 1.29 is 19.1 Å². The largest absolute Gasteiger partial charge is 0.469 e. The summed E-state index contributed by atoms with van der Waals surface area (Å²) in [5.74, 6) is -1.16. The molecule has 3 rings (SSSR count). The van der Waals surface area contributed by atoms with Crippen LogP contribution in [0.25, 0.3) is 0 Å². The topological polar surface area (TPSA) is 84.5 Å². The standard InChI is InChI=1S/C25H23ClN2O4/c1-16-12-13-18(14-21(16)27-24(30)17-8-4-3-5-9-17)25(31)28-22(15-23(29)32-2)19-10-6-7-11-20(19)26/h3-14,22H,15H2,1-2H3,(H,27,30)(H,28,31). The van der Waals surface area contributed by atoms with Crippen LogP contribution in [0.1, 0.15) is 44.3 Å². The van der Waals surface area contributed by atoms with E-state index >= 15 is 0 Å². The van der Waals surface area contributed by atoms with Crippen LogP contribution in [0.5, 0.6) is 0 Å². The van der Waals surface area contributed by atoms with Crippen molar-refractivity contribution >= 4 is 35.1 Å². The maximum atomic E-state index is 13.0. The number of halogens is 1. The zero-order valence-corrected chi connectivity index (χ0v) is 18.5. The molecule has 0 spiro atoms. The van der Waals surface area contributed by atoms with Gasteiger partial charge in [-0.25, -0.2) is 0 Å². The molecule has 6 nitrogen and oxygen atoms in total. The fraction of sp³-hybridized carbons (Fsp3) is 0.160. The van der Waals surface area contributed by atoms with Crippen LogP contribution in [-0.4, -0.2) is 24.9 Å². The predicted molar refractivity (Wildman–Crippen MR) is 124 cm³/mol. The number of benzene rings is 3. The minimum absolute atomic E-state index is 0.0740. The number of hydrogen-bond donors (Lipinski definition) is 2. The summed E-state index contributed by atoms with van der Waals surface area (Å²) in [6.45, 7) is 1.84. The van der Waals surface area contributed by atoms with E-state index in [9.17, 15) is 14.4 Å². The second-order valence-corrected chi connectivity index (χ2v) is 7.58. The summed E-state index contributed by atoms with van der Waals surface area (Å²) < 4.78 is 4.77. The molecule has 2 N–H and O–H groups in total. The highest BCUT2D eigenvalue weighted by molar-refractivity contribution is 6.31. The molecule has 0 aromatic heterocycles. The van der Waals surface area contributed by atoms with Crippen LogP contribution in [0, 0.1) is 6.92 Å². The Morgan fingerprint density at radius 2 is 1.59 bits per heavy atom. The number of esters is 1. The van der Waals surface area contributed by atoms with Gasteiger partial charge in [-0.1, -0.05) is 54.1 Å². The van der Waals surface area contributed by atoms with Crippen molar-refractivity contribution in [3.8, 4) is 0 Å². The third kappa shape index (κ3) is 5.74. The number of carbonyl (C=O) groups excluding carboxylic acids is 3. The van der Waals surface area contributed by atoms with Crippen LogP contribution in [-0.2, 0) is 9.53 Å². The molecule has 32 heavy (non-hydrogen) atoms. The number of anilines is 1. The fourth-order valence-corrected chi connectivity index (χ4v) is 3.44. The Hall–Kier alpha value is -3.64. The first-order valence-corrected chi connectivity index (χ1v) is 10.4. The van der Waals surface area contributed by atoms with E-state index in [0.717, 1.165) is 5.56 Å². The highest BCUT2D eigenvalue weighted by Gasteiger charge is 2.22. The average molecular weight is 451 g/mol. The number of amides is 2. The molecule has 2 amide bonds. The molecule has 0 aliphatic rings. The summed E-state index contributed by atoms with van der Waals surface area (Å²) in [5.41, 5.74) is 2.79. The van der Waals surface area contributed by atoms with E-state index in [2.05, 4.69) is 10.6 Å². The van der Waals surface area contributed by atoms with Crippen LogP contribution in [0.15, 0.2) is 72.8 Å². The zero-order chi connectivity index (χ0) is 23.1. The van der Waals surface area contributed by atoms with Crippen molar-refractivity contribution in [2.24, 2.45) is 0 Å². The van der Waals surface area contributed by atoms with Gasteiger partial charge in [0.05, 0.1) is 19.6 Å². The Kier molecular flexibility index (Phi) is 7.63. The normalized spacial score (nSPS) is 11.3. The molecule has 3 aromatic rings. The van der Waals surface area contributed by atoms with Gasteiger partial charge in [0.15, 0.2) is 0 Å². The molecule has 0 heterocycles. The molecule has 0 aliphatic heterocycles. The number of hydrogen-bond acceptors (Lipinski definition) is 4. The molecule has 0 saturated heterocycles. The van der Waals surface area contributed by atoms with Gasteiger partial charge in [0.1, 0.15) is 0 Å². The van der Waals surface area contributed by atoms with Crippen LogP contribution >= 0.6 is 11.6 Å². The lowest BCUT2D eigenvalue weighted by atomic mass is 10.0. The first-order valence-electron chi connectivity index (χ1n) is 9.98. The van der Waals surface area contributed by atoms with Gasteiger partial charge in [-0.2, -0.15) is 0 Å². The number of aryl methyl sites for hydroxylation is 1. The molecule has 3 aromatic carbocycles. The first-order chi connectivity index (χ1) is 15.4. The molecule has 164 valence electrons. The second kappa shape index (κ2) is 10.6. The lowest BCUT2D eigenvalue weighted by Gasteiger charge is -2.20. The van der Waals surface area contributed by atoms with Crippen molar-refractivity contribution in [3.63, 3.8) is 0 Å². The van der Waals surface area contributed by atoms with Gasteiger partial charge in [0.25, 0.3) is 11.8 Å². The molecular weight excluding hydrogens is 428 g/mol. The van der Waals surface area contributed by atoms with E-state index in [1.165, 1.54) is 7.11 Å². The zero-order valence-electron chi connectivity index (χ0n) is 17.7. The van der Waals surface area contributed by atoms with Crippen LogP contribution in [0.4, 0.5) is 5.69 Å².